The van der Waals surface area contributed by atoms with Gasteiger partial charge in [0.25, 0.3) is 0 Å². The number of hydrogen-bond acceptors (Lipinski definition) is 3. The molecular weight excluding hydrogens is 176 g/mol. The lowest BCUT2D eigenvalue weighted by Gasteiger charge is -1.99. The highest BCUT2D eigenvalue weighted by molar-refractivity contribution is 5.72. The van der Waals surface area contributed by atoms with Crippen LogP contribution in [0.4, 0.5) is 0 Å². The van der Waals surface area contributed by atoms with Crippen LogP contribution in [0.5, 0.6) is 0 Å². The van der Waals surface area contributed by atoms with Crippen LogP contribution in [0.2, 0.25) is 0 Å². The minimum absolute atomic E-state index is 0.601. The van der Waals surface area contributed by atoms with E-state index in [0.29, 0.717) is 12.8 Å². The predicted molar refractivity (Wildman–Crippen MR) is 63.3 cm³/mol. The Kier molecular flexibility index (Phi) is 30.6. The Morgan fingerprint density at radius 3 is 2.00 bits per heavy atom. The van der Waals surface area contributed by atoms with Crippen LogP contribution < -0.4 is 5.32 Å². The molecule has 3 heteroatoms. The highest BCUT2D eigenvalue weighted by Crippen LogP contribution is 1.66. The van der Waals surface area contributed by atoms with Gasteiger partial charge in [-0.15, -0.1) is 0 Å². The largest absolute Gasteiger partial charge is 0.320 e. The topological polar surface area (TPSA) is 32.3 Å². The van der Waals surface area contributed by atoms with Gasteiger partial charge in [-0.05, 0) is 33.6 Å². The fraction of sp³-hybridized carbons (Fsp3) is 0.727. The van der Waals surface area contributed by atoms with Crippen molar-refractivity contribution in [1.82, 2.24) is 10.2 Å². The van der Waals surface area contributed by atoms with Gasteiger partial charge in [0.1, 0.15) is 0 Å². The van der Waals surface area contributed by atoms with Crippen molar-refractivity contribution in [2.24, 2.45) is 0 Å². The lowest BCUT2D eigenvalue weighted by Crippen LogP contribution is -2.10. The monoisotopic (exact) mass is 200 g/mol. The standard InChI is InChI=1S/C6H9NO.C3H9N.C2H6/c1-7(2)5-3-4-6-8;1-3-4-2;1-2/h6H,5H2,1-2H3;4H,3H2,1-2H3;1-2H3. The van der Waals surface area contributed by atoms with Gasteiger partial charge in [0.05, 0.1) is 6.54 Å². The van der Waals surface area contributed by atoms with E-state index >= 15 is 0 Å². The first-order valence-corrected chi connectivity index (χ1v) is 4.90. The van der Waals surface area contributed by atoms with Crippen LogP contribution in [-0.4, -0.2) is 45.4 Å². The van der Waals surface area contributed by atoms with Crippen LogP contribution in [0.1, 0.15) is 20.8 Å². The molecule has 0 aromatic carbocycles. The van der Waals surface area contributed by atoms with E-state index in [4.69, 9.17) is 0 Å². The van der Waals surface area contributed by atoms with Crippen LogP contribution in [0.3, 0.4) is 0 Å². The van der Waals surface area contributed by atoms with Crippen LogP contribution in [0.15, 0.2) is 0 Å². The maximum Gasteiger partial charge on any atom is 0.192 e. The van der Waals surface area contributed by atoms with E-state index in [9.17, 15) is 4.79 Å². The third-order valence-corrected chi connectivity index (χ3v) is 0.910. The van der Waals surface area contributed by atoms with Gasteiger partial charge in [-0.2, -0.15) is 0 Å². The zero-order valence-corrected chi connectivity index (χ0v) is 10.3. The summed E-state index contributed by atoms with van der Waals surface area (Å²) in [6, 6.07) is 0. The molecule has 1 N–H and O–H groups in total. The fourth-order valence-corrected chi connectivity index (χ4v) is 0.245. The van der Waals surface area contributed by atoms with E-state index in [1.54, 1.807) is 0 Å². The van der Waals surface area contributed by atoms with Gasteiger partial charge in [-0.25, -0.2) is 0 Å². The third kappa shape index (κ3) is 43.3. The maximum atomic E-state index is 9.59. The quantitative estimate of drug-likeness (QED) is 0.533. The first kappa shape index (κ1) is 18.8. The normalized spacial score (nSPS) is 7.07. The molecule has 84 valence electrons. The van der Waals surface area contributed by atoms with Gasteiger partial charge in [-0.3, -0.25) is 9.69 Å². The second kappa shape index (κ2) is 22.7. The van der Waals surface area contributed by atoms with Gasteiger partial charge in [0.15, 0.2) is 6.29 Å². The van der Waals surface area contributed by atoms with Crippen molar-refractivity contribution in [2.75, 3.05) is 34.2 Å². The molecule has 0 heterocycles. The summed E-state index contributed by atoms with van der Waals surface area (Å²) < 4.78 is 0. The zero-order chi connectivity index (χ0) is 11.8. The maximum absolute atomic E-state index is 9.59. The molecule has 0 radical (unpaired) electrons. The lowest BCUT2D eigenvalue weighted by molar-refractivity contribution is -0.103. The Morgan fingerprint density at radius 2 is 1.79 bits per heavy atom. The summed E-state index contributed by atoms with van der Waals surface area (Å²) in [6.45, 7) is 7.79. The molecule has 0 atom stereocenters. The van der Waals surface area contributed by atoms with Gasteiger partial charge in [0, 0.05) is 0 Å². The lowest BCUT2D eigenvalue weighted by atomic mass is 10.5. The van der Waals surface area contributed by atoms with E-state index < -0.39 is 0 Å². The van der Waals surface area contributed by atoms with E-state index in [1.807, 2.05) is 39.9 Å². The minimum atomic E-state index is 0.601. The Hall–Kier alpha value is -0.850. The Bertz CT molecular complexity index is 143. The minimum Gasteiger partial charge on any atom is -0.320 e. The average Bonchev–Trinajstić information content (AvgIpc) is 2.21. The highest BCUT2D eigenvalue weighted by Gasteiger charge is 1.77. The van der Waals surface area contributed by atoms with E-state index in [1.165, 1.54) is 0 Å². The van der Waals surface area contributed by atoms with Crippen molar-refractivity contribution >= 4 is 6.29 Å². The third-order valence-electron chi connectivity index (χ3n) is 0.910. The van der Waals surface area contributed by atoms with Crippen LogP contribution >= 0.6 is 0 Å². The molecule has 3 nitrogen and oxygen atoms in total. The van der Waals surface area contributed by atoms with Gasteiger partial charge in [0.2, 0.25) is 0 Å². The Labute approximate surface area is 88.9 Å². The molecule has 0 amide bonds. The zero-order valence-electron chi connectivity index (χ0n) is 10.3. The number of aldehydes is 1. The summed E-state index contributed by atoms with van der Waals surface area (Å²) in [6.07, 6.45) is 0.601. The molecule has 0 aliphatic carbocycles. The molecule has 0 aromatic rings. The predicted octanol–water partition coefficient (Wildman–Crippen LogP) is 1.00. The summed E-state index contributed by atoms with van der Waals surface area (Å²) in [5, 5.41) is 2.93. The second-order valence-electron chi connectivity index (χ2n) is 2.38. The number of nitrogens with zero attached hydrogens (tertiary/aromatic N) is 1. The summed E-state index contributed by atoms with van der Waals surface area (Å²) >= 11 is 0. The molecule has 0 saturated carbocycles. The summed E-state index contributed by atoms with van der Waals surface area (Å²) in [5.74, 6) is 4.95. The summed E-state index contributed by atoms with van der Waals surface area (Å²) in [5.41, 5.74) is 0. The molecular formula is C11H24N2O. The van der Waals surface area contributed by atoms with Crippen molar-refractivity contribution in [2.45, 2.75) is 20.8 Å². The first-order valence-electron chi connectivity index (χ1n) is 4.90. The fourth-order valence-electron chi connectivity index (χ4n) is 0.245. The molecule has 0 aliphatic rings. The van der Waals surface area contributed by atoms with Crippen molar-refractivity contribution < 1.29 is 4.79 Å². The number of carbonyl (C=O) groups is 1. The van der Waals surface area contributed by atoms with E-state index in [0.717, 1.165) is 6.54 Å². The van der Waals surface area contributed by atoms with Gasteiger partial charge in [-0.1, -0.05) is 26.7 Å². The van der Waals surface area contributed by atoms with Crippen molar-refractivity contribution in [3.05, 3.63) is 0 Å². The molecule has 14 heavy (non-hydrogen) atoms. The number of carbonyl (C=O) groups excluding carboxylic acids is 1. The smallest absolute Gasteiger partial charge is 0.192 e. The SMILES string of the molecule is CC.CCNC.CN(C)CC#CC=O. The molecule has 0 rings (SSSR count). The average molecular weight is 200 g/mol. The van der Waals surface area contributed by atoms with Gasteiger partial charge >= 0.3 is 0 Å². The van der Waals surface area contributed by atoms with E-state index in [-0.39, 0.29) is 0 Å². The Morgan fingerprint density at radius 1 is 1.36 bits per heavy atom. The number of rotatable bonds is 2. The molecule has 0 bridgehead atoms. The van der Waals surface area contributed by atoms with Crippen LogP contribution in [-0.2, 0) is 4.79 Å². The molecule has 0 aromatic heterocycles. The van der Waals surface area contributed by atoms with E-state index in [2.05, 4.69) is 24.1 Å². The number of hydrogen-bond donors (Lipinski definition) is 1. The van der Waals surface area contributed by atoms with Crippen molar-refractivity contribution in [1.29, 1.82) is 0 Å². The molecule has 0 saturated heterocycles. The first-order chi connectivity index (χ1) is 6.68. The van der Waals surface area contributed by atoms with Crippen LogP contribution in [0.25, 0.3) is 0 Å². The Balaban J connectivity index is -0.000000170. The molecule has 0 aliphatic heterocycles. The van der Waals surface area contributed by atoms with Crippen molar-refractivity contribution in [3.63, 3.8) is 0 Å². The molecule has 0 fully saturated rings. The van der Waals surface area contributed by atoms with Gasteiger partial charge < -0.3 is 5.32 Å². The highest BCUT2D eigenvalue weighted by atomic mass is 16.1. The summed E-state index contributed by atoms with van der Waals surface area (Å²) in [7, 11) is 5.74. The number of nitrogens with one attached hydrogen (secondary N) is 1. The van der Waals surface area contributed by atoms with Crippen molar-refractivity contribution in [3.8, 4) is 11.8 Å². The molecule has 0 unspecified atom stereocenters. The molecule has 0 spiro atoms. The second-order valence-corrected chi connectivity index (χ2v) is 2.38. The van der Waals surface area contributed by atoms with Crippen LogP contribution in [0, 0.1) is 11.8 Å². The summed E-state index contributed by atoms with van der Waals surface area (Å²) in [4.78, 5) is 11.5.